The maximum atomic E-state index is 12.3. The Labute approximate surface area is 174 Å². The smallest absolute Gasteiger partial charge is 0.260 e. The number of rotatable bonds is 4. The number of thiazole rings is 1. The molecule has 3 aromatic heterocycles. The zero-order chi connectivity index (χ0) is 20.9. The molecule has 5 rings (SSSR count). The van der Waals surface area contributed by atoms with Gasteiger partial charge in [0.1, 0.15) is 17.5 Å². The molecule has 0 spiro atoms. The van der Waals surface area contributed by atoms with Crippen LogP contribution in [0.15, 0.2) is 41.2 Å². The molecular weight excluding hydrogens is 406 g/mol. The van der Waals surface area contributed by atoms with Crippen molar-refractivity contribution in [1.29, 1.82) is 0 Å². The van der Waals surface area contributed by atoms with Crippen LogP contribution in [0.1, 0.15) is 12.1 Å². The van der Waals surface area contributed by atoms with Crippen LogP contribution >= 0.6 is 11.3 Å². The summed E-state index contributed by atoms with van der Waals surface area (Å²) in [7, 11) is 1.65. The molecule has 1 aliphatic heterocycles. The quantitative estimate of drug-likeness (QED) is 0.449. The predicted molar refractivity (Wildman–Crippen MR) is 111 cm³/mol. The number of nitrogen functional groups attached to an aromatic ring is 1. The monoisotopic (exact) mass is 423 g/mol. The van der Waals surface area contributed by atoms with Gasteiger partial charge in [-0.15, -0.1) is 0 Å². The Morgan fingerprint density at radius 3 is 2.97 bits per heavy atom. The van der Waals surface area contributed by atoms with Crippen molar-refractivity contribution in [1.82, 2.24) is 25.0 Å². The number of likely N-dealkylation sites (tertiary alicyclic amines) is 1. The van der Waals surface area contributed by atoms with Gasteiger partial charge in [-0.05, 0) is 12.1 Å². The van der Waals surface area contributed by atoms with Crippen molar-refractivity contribution in [3.63, 3.8) is 0 Å². The summed E-state index contributed by atoms with van der Waals surface area (Å²) in [6.45, 7) is 0.466. The van der Waals surface area contributed by atoms with Crippen molar-refractivity contribution >= 4 is 44.2 Å². The SMILES string of the molecule is CN1CC[C@](O)(c2cc(-c3cccc(Nc4nc5c(N)ncnc5s4)c3)on2)C1=O. The van der Waals surface area contributed by atoms with Gasteiger partial charge in [0, 0.05) is 37.3 Å². The fraction of sp³-hybridized carbons (Fsp3) is 0.211. The largest absolute Gasteiger partial charge is 0.382 e. The van der Waals surface area contributed by atoms with Crippen LogP contribution in [0.25, 0.3) is 21.7 Å². The minimum Gasteiger partial charge on any atom is -0.382 e. The molecule has 4 N–H and O–H groups in total. The number of hydrogen-bond acceptors (Lipinski definition) is 10. The number of aliphatic hydroxyl groups is 1. The van der Waals surface area contributed by atoms with Gasteiger partial charge in [0.2, 0.25) is 0 Å². The third-order valence-corrected chi connectivity index (χ3v) is 5.94. The lowest BCUT2D eigenvalue weighted by molar-refractivity contribution is -0.143. The first-order chi connectivity index (χ1) is 14.4. The van der Waals surface area contributed by atoms with E-state index in [9.17, 15) is 9.90 Å². The van der Waals surface area contributed by atoms with Gasteiger partial charge < -0.3 is 25.6 Å². The Morgan fingerprint density at radius 2 is 2.20 bits per heavy atom. The fourth-order valence-corrected chi connectivity index (χ4v) is 4.23. The lowest BCUT2D eigenvalue weighted by Gasteiger charge is -2.16. The summed E-state index contributed by atoms with van der Waals surface area (Å²) in [5.41, 5.74) is 6.48. The number of hydrogen-bond donors (Lipinski definition) is 3. The summed E-state index contributed by atoms with van der Waals surface area (Å²) in [6, 6.07) is 9.04. The molecule has 1 saturated heterocycles. The lowest BCUT2D eigenvalue weighted by atomic mass is 9.97. The topological polar surface area (TPSA) is 143 Å². The predicted octanol–water partition coefficient (Wildman–Crippen LogP) is 2.12. The molecule has 0 saturated carbocycles. The summed E-state index contributed by atoms with van der Waals surface area (Å²) < 4.78 is 5.42. The van der Waals surface area contributed by atoms with Crippen LogP contribution in [0.2, 0.25) is 0 Å². The number of benzene rings is 1. The number of nitrogens with zero attached hydrogens (tertiary/aromatic N) is 5. The van der Waals surface area contributed by atoms with Gasteiger partial charge in [-0.3, -0.25) is 4.79 Å². The van der Waals surface area contributed by atoms with Crippen LogP contribution in [0, 0.1) is 0 Å². The molecule has 0 aliphatic carbocycles. The van der Waals surface area contributed by atoms with Gasteiger partial charge in [-0.25, -0.2) is 15.0 Å². The molecule has 1 atom stereocenters. The van der Waals surface area contributed by atoms with E-state index in [1.54, 1.807) is 13.1 Å². The Kier molecular flexibility index (Phi) is 4.15. The second-order valence-corrected chi connectivity index (χ2v) is 8.03. The minimum absolute atomic E-state index is 0.213. The molecule has 1 amide bonds. The van der Waals surface area contributed by atoms with Gasteiger partial charge >= 0.3 is 0 Å². The average molecular weight is 423 g/mol. The number of amides is 1. The molecular formula is C19H17N7O3S. The Balaban J connectivity index is 1.42. The molecule has 0 unspecified atom stereocenters. The third-order valence-electron chi connectivity index (χ3n) is 5.07. The highest BCUT2D eigenvalue weighted by molar-refractivity contribution is 7.21. The highest BCUT2D eigenvalue weighted by Gasteiger charge is 2.47. The molecule has 10 nitrogen and oxygen atoms in total. The van der Waals surface area contributed by atoms with E-state index in [1.807, 2.05) is 24.3 Å². The fourth-order valence-electron chi connectivity index (χ4n) is 3.40. The number of aromatic nitrogens is 4. The number of nitrogens with one attached hydrogen (secondary N) is 1. The maximum Gasteiger partial charge on any atom is 0.260 e. The van der Waals surface area contributed by atoms with Crippen molar-refractivity contribution in [3.8, 4) is 11.3 Å². The van der Waals surface area contributed by atoms with Crippen molar-refractivity contribution in [2.75, 3.05) is 24.6 Å². The molecule has 4 aromatic rings. The van der Waals surface area contributed by atoms with Crippen LogP contribution in [-0.2, 0) is 10.4 Å². The molecule has 4 heterocycles. The van der Waals surface area contributed by atoms with Crippen LogP contribution in [0.5, 0.6) is 0 Å². The van der Waals surface area contributed by atoms with Crippen LogP contribution < -0.4 is 11.1 Å². The number of likely N-dealkylation sites (N-methyl/N-ethyl adjacent to an activating group) is 1. The molecule has 30 heavy (non-hydrogen) atoms. The first-order valence-corrected chi connectivity index (χ1v) is 9.95. The Bertz CT molecular complexity index is 1270. The van der Waals surface area contributed by atoms with E-state index in [-0.39, 0.29) is 18.0 Å². The first kappa shape index (κ1) is 18.5. The van der Waals surface area contributed by atoms with E-state index in [2.05, 4.69) is 25.4 Å². The van der Waals surface area contributed by atoms with Crippen LogP contribution in [0.4, 0.5) is 16.6 Å². The summed E-state index contributed by atoms with van der Waals surface area (Å²) in [6.07, 6.45) is 1.68. The van der Waals surface area contributed by atoms with Gasteiger partial charge in [0.15, 0.2) is 27.1 Å². The summed E-state index contributed by atoms with van der Waals surface area (Å²) in [5, 5.41) is 18.6. The number of fused-ring (bicyclic) bond motifs is 1. The minimum atomic E-state index is -1.64. The zero-order valence-electron chi connectivity index (χ0n) is 15.9. The zero-order valence-corrected chi connectivity index (χ0v) is 16.7. The van der Waals surface area contributed by atoms with Crippen molar-refractivity contribution in [3.05, 3.63) is 42.4 Å². The number of carbonyl (C=O) groups excluding carboxylic acids is 1. The van der Waals surface area contributed by atoms with E-state index in [0.29, 0.717) is 33.6 Å². The highest BCUT2D eigenvalue weighted by Crippen LogP contribution is 2.35. The molecule has 1 aliphatic rings. The Hall–Kier alpha value is -3.57. The molecule has 11 heteroatoms. The molecule has 0 bridgehead atoms. The van der Waals surface area contributed by atoms with Crippen LogP contribution in [0.3, 0.4) is 0 Å². The summed E-state index contributed by atoms with van der Waals surface area (Å²) in [5.74, 6) is 0.400. The van der Waals surface area contributed by atoms with E-state index in [1.165, 1.54) is 22.6 Å². The maximum absolute atomic E-state index is 12.3. The van der Waals surface area contributed by atoms with E-state index in [4.69, 9.17) is 10.3 Å². The van der Waals surface area contributed by atoms with E-state index < -0.39 is 5.60 Å². The number of carbonyl (C=O) groups is 1. The van der Waals surface area contributed by atoms with E-state index in [0.717, 1.165) is 11.3 Å². The van der Waals surface area contributed by atoms with Gasteiger partial charge in [-0.2, -0.15) is 0 Å². The van der Waals surface area contributed by atoms with Crippen LogP contribution in [-0.4, -0.2) is 49.6 Å². The van der Waals surface area contributed by atoms with Crippen molar-refractivity contribution < 1.29 is 14.4 Å². The average Bonchev–Trinajstić information content (AvgIpc) is 3.45. The number of anilines is 3. The first-order valence-electron chi connectivity index (χ1n) is 9.14. The van der Waals surface area contributed by atoms with Crippen molar-refractivity contribution in [2.24, 2.45) is 0 Å². The van der Waals surface area contributed by atoms with Crippen molar-refractivity contribution in [2.45, 2.75) is 12.0 Å². The van der Waals surface area contributed by atoms with Gasteiger partial charge in [0.25, 0.3) is 5.91 Å². The standard InChI is InChI=1S/C19H17N7O3S/c1-26-6-5-19(28,17(26)27)13-8-12(29-25-13)10-3-2-4-11(7-10)23-18-24-14-15(20)21-9-22-16(14)30-18/h2-4,7-9,28H,5-6H2,1H3,(H,23,24)(H2,20,21,22)/t19-/m0/s1. The molecule has 0 radical (unpaired) electrons. The van der Waals surface area contributed by atoms with E-state index >= 15 is 0 Å². The Morgan fingerprint density at radius 1 is 1.33 bits per heavy atom. The third kappa shape index (κ3) is 2.95. The van der Waals surface area contributed by atoms with Gasteiger partial charge in [0.05, 0.1) is 0 Å². The second-order valence-electron chi connectivity index (χ2n) is 7.05. The molecule has 1 aromatic carbocycles. The second kappa shape index (κ2) is 6.75. The number of nitrogens with two attached hydrogens (primary N) is 1. The summed E-state index contributed by atoms with van der Waals surface area (Å²) in [4.78, 5) is 27.0. The molecule has 1 fully saturated rings. The van der Waals surface area contributed by atoms with Gasteiger partial charge in [-0.1, -0.05) is 28.6 Å². The lowest BCUT2D eigenvalue weighted by Crippen LogP contribution is -2.36. The summed E-state index contributed by atoms with van der Waals surface area (Å²) >= 11 is 1.36. The normalized spacial score (nSPS) is 19.0. The highest BCUT2D eigenvalue weighted by atomic mass is 32.1. The molecule has 152 valence electrons.